The highest BCUT2D eigenvalue weighted by molar-refractivity contribution is 5.95. The molecule has 10 heteroatoms. The van der Waals surface area contributed by atoms with E-state index in [2.05, 4.69) is 10.4 Å². The number of H-pyrrole nitrogens is 1. The minimum Gasteiger partial charge on any atom is -0.348 e. The largest absolute Gasteiger partial charge is 0.435 e. The number of hydrogen-bond donors (Lipinski definition) is 2. The number of hydrogen-bond acceptors (Lipinski definition) is 2. The Hall–Kier alpha value is -3.30. The van der Waals surface area contributed by atoms with E-state index in [9.17, 15) is 31.1 Å². The minimum absolute atomic E-state index is 0.0144. The molecule has 1 aromatic heterocycles. The molecule has 2 aromatic carbocycles. The number of halogens is 6. The molecular weight excluding hydrogens is 388 g/mol. The van der Waals surface area contributed by atoms with Gasteiger partial charge in [0.2, 0.25) is 0 Å². The molecule has 3 rings (SSSR count). The first kappa shape index (κ1) is 19.5. The maximum atomic E-state index is 13.5. The highest BCUT2D eigenvalue weighted by Gasteiger charge is 2.38. The van der Waals surface area contributed by atoms with Gasteiger partial charge in [0.1, 0.15) is 0 Å². The molecule has 1 heterocycles. The van der Waals surface area contributed by atoms with Crippen LogP contribution in [0.1, 0.15) is 21.6 Å². The Morgan fingerprint density at radius 3 is 2.36 bits per heavy atom. The van der Waals surface area contributed by atoms with Crippen LogP contribution in [0.3, 0.4) is 0 Å². The number of benzene rings is 2. The number of nitrogens with zero attached hydrogens (tertiary/aromatic N) is 1. The number of nitrogens with one attached hydrogen (secondary N) is 2. The monoisotopic (exact) mass is 399 g/mol. The molecule has 0 aliphatic carbocycles. The summed E-state index contributed by atoms with van der Waals surface area (Å²) in [7, 11) is 0. The Balaban J connectivity index is 1.86. The third-order valence-electron chi connectivity index (χ3n) is 3.91. The quantitative estimate of drug-likeness (QED) is 0.503. The molecule has 3 aromatic rings. The molecule has 4 nitrogen and oxygen atoms in total. The molecule has 0 saturated carbocycles. The van der Waals surface area contributed by atoms with Crippen LogP contribution < -0.4 is 5.32 Å². The van der Waals surface area contributed by atoms with Gasteiger partial charge in [-0.2, -0.15) is 18.3 Å². The fourth-order valence-corrected chi connectivity index (χ4v) is 2.62. The lowest BCUT2D eigenvalue weighted by molar-refractivity contribution is -0.141. The van der Waals surface area contributed by atoms with Crippen LogP contribution in [0.5, 0.6) is 0 Å². The smallest absolute Gasteiger partial charge is 0.348 e. The lowest BCUT2D eigenvalue weighted by Gasteiger charge is -2.12. The number of rotatable bonds is 4. The zero-order chi connectivity index (χ0) is 20.5. The van der Waals surface area contributed by atoms with Crippen LogP contribution in [0.15, 0.2) is 42.6 Å². The average Bonchev–Trinajstić information content (AvgIpc) is 3.14. The molecular formula is C18H11F6N3O. The van der Waals surface area contributed by atoms with Gasteiger partial charge in [0.25, 0.3) is 5.91 Å². The van der Waals surface area contributed by atoms with Crippen molar-refractivity contribution in [1.82, 2.24) is 15.5 Å². The summed E-state index contributed by atoms with van der Waals surface area (Å²) in [6.45, 7) is -0.238. The average molecular weight is 399 g/mol. The zero-order valence-electron chi connectivity index (χ0n) is 13.9. The van der Waals surface area contributed by atoms with Crippen molar-refractivity contribution in [3.05, 3.63) is 76.9 Å². The fraction of sp³-hybridized carbons (Fsp3) is 0.111. The van der Waals surface area contributed by atoms with Crippen LogP contribution in [0.2, 0.25) is 0 Å². The van der Waals surface area contributed by atoms with Gasteiger partial charge >= 0.3 is 6.18 Å². The van der Waals surface area contributed by atoms with E-state index < -0.39 is 40.8 Å². The molecule has 0 aliphatic heterocycles. The van der Waals surface area contributed by atoms with Gasteiger partial charge in [-0.15, -0.1) is 0 Å². The normalized spacial score (nSPS) is 11.5. The van der Waals surface area contributed by atoms with E-state index in [4.69, 9.17) is 0 Å². The van der Waals surface area contributed by atoms with E-state index in [1.165, 1.54) is 12.1 Å². The summed E-state index contributed by atoms with van der Waals surface area (Å²) in [6.07, 6.45) is -4.00. The van der Waals surface area contributed by atoms with Crippen molar-refractivity contribution in [3.8, 4) is 11.1 Å². The first-order valence-corrected chi connectivity index (χ1v) is 7.80. The van der Waals surface area contributed by atoms with E-state index >= 15 is 0 Å². The van der Waals surface area contributed by atoms with Crippen molar-refractivity contribution >= 4 is 5.91 Å². The first-order valence-electron chi connectivity index (χ1n) is 7.80. The van der Waals surface area contributed by atoms with E-state index in [1.807, 2.05) is 5.10 Å². The summed E-state index contributed by atoms with van der Waals surface area (Å²) in [5.41, 5.74) is -1.40. The predicted octanol–water partition coefficient (Wildman–Crippen LogP) is 4.44. The van der Waals surface area contributed by atoms with Crippen LogP contribution in [0.4, 0.5) is 26.3 Å². The Kier molecular flexibility index (Phi) is 5.12. The molecule has 0 aliphatic rings. The molecule has 0 bridgehead atoms. The standard InChI is InChI=1S/C18H11F6N3O/c19-13-5-10(6-14(20)15(13)21)11-4-2-1-3-9(11)7-25-17(28)12-8-26-27-16(12)18(22,23)24/h1-6,8H,7H2,(H,25,28)(H,26,27). The molecule has 0 fully saturated rings. The summed E-state index contributed by atoms with van der Waals surface area (Å²) in [4.78, 5) is 12.1. The Labute approximate surface area is 154 Å². The topological polar surface area (TPSA) is 57.8 Å². The molecule has 0 spiro atoms. The van der Waals surface area contributed by atoms with Gasteiger partial charge < -0.3 is 5.32 Å². The van der Waals surface area contributed by atoms with Crippen molar-refractivity contribution in [2.24, 2.45) is 0 Å². The minimum atomic E-state index is -4.81. The molecule has 146 valence electrons. The lowest BCUT2D eigenvalue weighted by atomic mass is 9.99. The predicted molar refractivity (Wildman–Crippen MR) is 86.5 cm³/mol. The summed E-state index contributed by atoms with van der Waals surface area (Å²) < 4.78 is 78.7. The van der Waals surface area contributed by atoms with Gasteiger partial charge in [0.05, 0.1) is 5.56 Å². The molecule has 0 atom stereocenters. The first-order chi connectivity index (χ1) is 13.2. The van der Waals surface area contributed by atoms with Crippen molar-refractivity contribution in [2.75, 3.05) is 0 Å². The maximum Gasteiger partial charge on any atom is 0.435 e. The van der Waals surface area contributed by atoms with Crippen LogP contribution in [-0.2, 0) is 12.7 Å². The lowest BCUT2D eigenvalue weighted by Crippen LogP contribution is -2.25. The Bertz CT molecular complexity index is 1010. The van der Waals surface area contributed by atoms with Gasteiger partial charge in [-0.1, -0.05) is 24.3 Å². The van der Waals surface area contributed by atoms with E-state index in [1.54, 1.807) is 12.1 Å². The van der Waals surface area contributed by atoms with Crippen molar-refractivity contribution in [2.45, 2.75) is 12.7 Å². The molecule has 1 amide bonds. The summed E-state index contributed by atoms with van der Waals surface area (Å²) >= 11 is 0. The van der Waals surface area contributed by atoms with Gasteiger partial charge in [-0.05, 0) is 28.8 Å². The summed E-state index contributed by atoms with van der Waals surface area (Å²) in [5.74, 6) is -5.43. The second-order valence-electron chi connectivity index (χ2n) is 5.74. The third-order valence-corrected chi connectivity index (χ3v) is 3.91. The van der Waals surface area contributed by atoms with E-state index in [0.29, 0.717) is 5.56 Å². The number of amides is 1. The number of aromatic amines is 1. The van der Waals surface area contributed by atoms with Gasteiger partial charge in [0.15, 0.2) is 23.1 Å². The Morgan fingerprint density at radius 1 is 1.07 bits per heavy atom. The molecule has 2 N–H and O–H groups in total. The summed E-state index contributed by atoms with van der Waals surface area (Å²) in [6, 6.07) is 7.69. The second kappa shape index (κ2) is 7.37. The fourth-order valence-electron chi connectivity index (χ4n) is 2.62. The van der Waals surface area contributed by atoms with E-state index in [0.717, 1.165) is 18.3 Å². The number of aromatic nitrogens is 2. The molecule has 0 saturated heterocycles. The van der Waals surface area contributed by atoms with Crippen LogP contribution >= 0.6 is 0 Å². The van der Waals surface area contributed by atoms with Crippen molar-refractivity contribution < 1.29 is 31.1 Å². The van der Waals surface area contributed by atoms with E-state index in [-0.39, 0.29) is 17.7 Å². The molecule has 28 heavy (non-hydrogen) atoms. The van der Waals surface area contributed by atoms with Crippen LogP contribution in [0.25, 0.3) is 11.1 Å². The van der Waals surface area contributed by atoms with Gasteiger partial charge in [-0.25, -0.2) is 13.2 Å². The van der Waals surface area contributed by atoms with Gasteiger partial charge in [0, 0.05) is 12.7 Å². The number of carbonyl (C=O) groups is 1. The number of carbonyl (C=O) groups excluding carboxylic acids is 1. The van der Waals surface area contributed by atoms with Crippen LogP contribution in [0, 0.1) is 17.5 Å². The second-order valence-corrected chi connectivity index (χ2v) is 5.74. The third kappa shape index (κ3) is 3.85. The number of alkyl halides is 3. The SMILES string of the molecule is O=C(NCc1ccccc1-c1cc(F)c(F)c(F)c1)c1c[nH]nc1C(F)(F)F. The van der Waals surface area contributed by atoms with Crippen LogP contribution in [-0.4, -0.2) is 16.1 Å². The van der Waals surface area contributed by atoms with Crippen molar-refractivity contribution in [3.63, 3.8) is 0 Å². The van der Waals surface area contributed by atoms with Gasteiger partial charge in [-0.3, -0.25) is 9.89 Å². The maximum absolute atomic E-state index is 13.5. The molecule has 0 radical (unpaired) electrons. The Morgan fingerprint density at radius 2 is 1.71 bits per heavy atom. The highest BCUT2D eigenvalue weighted by atomic mass is 19.4. The zero-order valence-corrected chi connectivity index (χ0v) is 13.9. The van der Waals surface area contributed by atoms with Crippen molar-refractivity contribution in [1.29, 1.82) is 0 Å². The highest BCUT2D eigenvalue weighted by Crippen LogP contribution is 2.30. The molecule has 0 unspecified atom stereocenters. The summed E-state index contributed by atoms with van der Waals surface area (Å²) in [5, 5.41) is 7.32.